The monoisotopic (exact) mass is 203 g/mol. The second-order valence-electron chi connectivity index (χ2n) is 3.92. The zero-order valence-electron chi connectivity index (χ0n) is 9.27. The number of nitrogens with two attached hydrogens (primary N) is 1. The molecule has 0 bridgehead atoms. The molecule has 1 unspecified atom stereocenters. The molecule has 0 radical (unpaired) electrons. The third-order valence-electron chi connectivity index (χ3n) is 2.98. The number of rotatable bonds is 3. The van der Waals surface area contributed by atoms with Crippen molar-refractivity contribution in [1.82, 2.24) is 9.38 Å². The summed E-state index contributed by atoms with van der Waals surface area (Å²) in [5, 5.41) is 0. The van der Waals surface area contributed by atoms with Crippen LogP contribution in [0.15, 0.2) is 24.5 Å². The summed E-state index contributed by atoms with van der Waals surface area (Å²) >= 11 is 0. The number of hydrogen-bond acceptors (Lipinski definition) is 2. The van der Waals surface area contributed by atoms with Crippen molar-refractivity contribution in [3.05, 3.63) is 35.8 Å². The van der Waals surface area contributed by atoms with E-state index >= 15 is 0 Å². The molecule has 15 heavy (non-hydrogen) atoms. The molecule has 0 amide bonds. The normalized spacial score (nSPS) is 13.3. The van der Waals surface area contributed by atoms with E-state index in [1.165, 1.54) is 5.69 Å². The Hall–Kier alpha value is -1.35. The van der Waals surface area contributed by atoms with Crippen LogP contribution in [0, 0.1) is 0 Å². The molecule has 3 nitrogen and oxygen atoms in total. The maximum absolute atomic E-state index is 5.68. The zero-order valence-corrected chi connectivity index (χ0v) is 9.27. The second kappa shape index (κ2) is 4.03. The molecule has 0 aliphatic heterocycles. The lowest BCUT2D eigenvalue weighted by atomic mass is 10.1. The quantitative estimate of drug-likeness (QED) is 0.831. The first-order valence-corrected chi connectivity index (χ1v) is 5.42. The predicted molar refractivity (Wildman–Crippen MR) is 61.8 cm³/mol. The Labute approximate surface area is 89.9 Å². The van der Waals surface area contributed by atoms with Gasteiger partial charge in [0.1, 0.15) is 5.65 Å². The van der Waals surface area contributed by atoms with Gasteiger partial charge in [0.2, 0.25) is 0 Å². The van der Waals surface area contributed by atoms with Gasteiger partial charge < -0.3 is 10.1 Å². The molecule has 2 heterocycles. The van der Waals surface area contributed by atoms with E-state index in [4.69, 9.17) is 5.73 Å². The molecule has 80 valence electrons. The molecule has 2 aromatic heterocycles. The third kappa shape index (κ3) is 1.63. The smallest absolute Gasteiger partial charge is 0.141 e. The van der Waals surface area contributed by atoms with Crippen molar-refractivity contribution < 1.29 is 0 Å². The summed E-state index contributed by atoms with van der Waals surface area (Å²) < 4.78 is 2.15. The van der Waals surface area contributed by atoms with Crippen molar-refractivity contribution in [3.63, 3.8) is 0 Å². The van der Waals surface area contributed by atoms with Crippen LogP contribution in [0.25, 0.3) is 5.65 Å². The van der Waals surface area contributed by atoms with E-state index in [1.807, 2.05) is 18.3 Å². The summed E-state index contributed by atoms with van der Waals surface area (Å²) in [5.41, 5.74) is 9.05. The van der Waals surface area contributed by atoms with E-state index in [2.05, 4.69) is 29.4 Å². The van der Waals surface area contributed by atoms with Crippen LogP contribution in [0.4, 0.5) is 0 Å². The third-order valence-corrected chi connectivity index (χ3v) is 2.98. The van der Waals surface area contributed by atoms with Crippen LogP contribution in [-0.2, 0) is 6.54 Å². The lowest BCUT2D eigenvalue weighted by molar-refractivity contribution is 0.700. The first-order chi connectivity index (χ1) is 7.27. The summed E-state index contributed by atoms with van der Waals surface area (Å²) in [5.74, 6) is 0.535. The Morgan fingerprint density at radius 1 is 1.53 bits per heavy atom. The van der Waals surface area contributed by atoms with Gasteiger partial charge in [-0.15, -0.1) is 0 Å². The highest BCUT2D eigenvalue weighted by Gasteiger charge is 2.10. The molecule has 0 aromatic carbocycles. The first kappa shape index (κ1) is 10.2. The van der Waals surface area contributed by atoms with Crippen molar-refractivity contribution in [3.8, 4) is 0 Å². The van der Waals surface area contributed by atoms with Gasteiger partial charge in [-0.1, -0.05) is 19.9 Å². The van der Waals surface area contributed by atoms with Crippen LogP contribution in [-0.4, -0.2) is 9.38 Å². The van der Waals surface area contributed by atoms with E-state index in [1.54, 1.807) is 0 Å². The average molecular weight is 203 g/mol. The number of fused-ring (bicyclic) bond motifs is 1. The van der Waals surface area contributed by atoms with Crippen LogP contribution in [0.2, 0.25) is 0 Å². The number of hydrogen-bond donors (Lipinski definition) is 1. The van der Waals surface area contributed by atoms with Crippen molar-refractivity contribution >= 4 is 5.65 Å². The first-order valence-electron chi connectivity index (χ1n) is 5.42. The molecule has 0 aliphatic carbocycles. The van der Waals surface area contributed by atoms with Gasteiger partial charge in [0, 0.05) is 30.2 Å². The fraction of sp³-hybridized carbons (Fsp3) is 0.417. The van der Waals surface area contributed by atoms with E-state index in [0.29, 0.717) is 12.5 Å². The van der Waals surface area contributed by atoms with Gasteiger partial charge in [0.15, 0.2) is 0 Å². The lowest BCUT2D eigenvalue weighted by Crippen LogP contribution is -2.02. The minimum absolute atomic E-state index is 0.535. The molecule has 2 aromatic rings. The van der Waals surface area contributed by atoms with Crippen molar-refractivity contribution in [1.29, 1.82) is 0 Å². The molecule has 0 aliphatic rings. The molecule has 1 atom stereocenters. The Bertz CT molecular complexity index is 459. The predicted octanol–water partition coefficient (Wildman–Crippen LogP) is 2.31. The highest BCUT2D eigenvalue weighted by Crippen LogP contribution is 2.21. The molecule has 0 fully saturated rings. The summed E-state index contributed by atoms with van der Waals surface area (Å²) in [6.07, 6.45) is 5.15. The van der Waals surface area contributed by atoms with Crippen molar-refractivity contribution in [2.75, 3.05) is 0 Å². The van der Waals surface area contributed by atoms with Crippen LogP contribution in [0.1, 0.15) is 37.4 Å². The summed E-state index contributed by atoms with van der Waals surface area (Å²) in [4.78, 5) is 4.44. The SMILES string of the molecule is CCC(C)c1cnc2c(CN)cccn12. The van der Waals surface area contributed by atoms with E-state index in [-0.39, 0.29) is 0 Å². The molecule has 2 N–H and O–H groups in total. The molecular formula is C12H17N3. The van der Waals surface area contributed by atoms with Crippen LogP contribution in [0.3, 0.4) is 0 Å². The maximum Gasteiger partial charge on any atom is 0.141 e. The van der Waals surface area contributed by atoms with E-state index < -0.39 is 0 Å². The van der Waals surface area contributed by atoms with Gasteiger partial charge >= 0.3 is 0 Å². The largest absolute Gasteiger partial charge is 0.326 e. The fourth-order valence-corrected chi connectivity index (χ4v) is 1.82. The van der Waals surface area contributed by atoms with Gasteiger partial charge in [0.05, 0.1) is 0 Å². The van der Waals surface area contributed by atoms with Gasteiger partial charge in [-0.3, -0.25) is 0 Å². The topological polar surface area (TPSA) is 43.3 Å². The molecular weight excluding hydrogens is 186 g/mol. The van der Waals surface area contributed by atoms with Crippen LogP contribution < -0.4 is 5.73 Å². The molecule has 0 saturated carbocycles. The highest BCUT2D eigenvalue weighted by atomic mass is 15.0. The molecule has 2 rings (SSSR count). The Morgan fingerprint density at radius 2 is 2.33 bits per heavy atom. The van der Waals surface area contributed by atoms with Gasteiger partial charge in [-0.05, 0) is 18.4 Å². The van der Waals surface area contributed by atoms with Gasteiger partial charge in [0.25, 0.3) is 0 Å². The number of pyridine rings is 1. The molecule has 0 spiro atoms. The molecule has 3 heteroatoms. The van der Waals surface area contributed by atoms with Crippen molar-refractivity contribution in [2.24, 2.45) is 5.73 Å². The fourth-order valence-electron chi connectivity index (χ4n) is 1.82. The van der Waals surface area contributed by atoms with Crippen molar-refractivity contribution in [2.45, 2.75) is 32.7 Å². The summed E-state index contributed by atoms with van der Waals surface area (Å²) in [6.45, 7) is 4.96. The lowest BCUT2D eigenvalue weighted by Gasteiger charge is -2.08. The number of aromatic nitrogens is 2. The standard InChI is InChI=1S/C12H17N3/c1-3-9(2)11-8-14-12-10(7-13)5-4-6-15(11)12/h4-6,8-9H,3,7,13H2,1-2H3. The average Bonchev–Trinajstić information content (AvgIpc) is 2.71. The Balaban J connectivity index is 2.60. The highest BCUT2D eigenvalue weighted by molar-refractivity contribution is 5.49. The minimum Gasteiger partial charge on any atom is -0.326 e. The van der Waals surface area contributed by atoms with Gasteiger partial charge in [-0.25, -0.2) is 4.98 Å². The summed E-state index contributed by atoms with van der Waals surface area (Å²) in [6, 6.07) is 4.06. The Kier molecular flexibility index (Phi) is 2.73. The van der Waals surface area contributed by atoms with Gasteiger partial charge in [-0.2, -0.15) is 0 Å². The number of imidazole rings is 1. The Morgan fingerprint density at radius 3 is 3.00 bits per heavy atom. The number of nitrogens with zero attached hydrogens (tertiary/aromatic N) is 2. The zero-order chi connectivity index (χ0) is 10.8. The van der Waals surface area contributed by atoms with E-state index in [9.17, 15) is 0 Å². The van der Waals surface area contributed by atoms with Crippen LogP contribution in [0.5, 0.6) is 0 Å². The van der Waals surface area contributed by atoms with Crippen LogP contribution >= 0.6 is 0 Å². The molecule has 0 saturated heterocycles. The minimum atomic E-state index is 0.535. The maximum atomic E-state index is 5.68. The van der Waals surface area contributed by atoms with E-state index in [0.717, 1.165) is 17.6 Å². The summed E-state index contributed by atoms with van der Waals surface area (Å²) in [7, 11) is 0. The second-order valence-corrected chi connectivity index (χ2v) is 3.92.